The van der Waals surface area contributed by atoms with Crippen molar-refractivity contribution in [1.82, 2.24) is 14.5 Å². The molecule has 0 aliphatic heterocycles. The van der Waals surface area contributed by atoms with Gasteiger partial charge >= 0.3 is 11.7 Å². The summed E-state index contributed by atoms with van der Waals surface area (Å²) in [5.74, 6) is -0.885. The number of hydrogen-bond donors (Lipinski definition) is 1. The number of esters is 1. The summed E-state index contributed by atoms with van der Waals surface area (Å²) in [6, 6.07) is 13.6. The molecule has 3 rings (SSSR count). The molecule has 0 radical (unpaired) electrons. The summed E-state index contributed by atoms with van der Waals surface area (Å²) in [5.41, 5.74) is 1.25. The molecule has 0 bridgehead atoms. The van der Waals surface area contributed by atoms with E-state index in [1.165, 1.54) is 4.57 Å². The van der Waals surface area contributed by atoms with Gasteiger partial charge in [0.2, 0.25) is 5.91 Å². The van der Waals surface area contributed by atoms with Gasteiger partial charge in [0.25, 0.3) is 5.56 Å². The molecule has 1 N–H and O–H groups in total. The molecule has 1 heterocycles. The minimum absolute atomic E-state index is 0.0446. The second kappa shape index (κ2) is 10.3. The largest absolute Gasteiger partial charge is 0.463 e. The standard InChI is InChI=1S/C25H29N3O5/c1-5-27-24(31)19-8-6-7-9-21(19)28(25(27)32)15-22(29)26-20(14-23(30)33-16(2)3)18-12-10-17(4)11-13-18/h6-13,16,20H,5,14-15H2,1-4H3,(H,26,29). The highest BCUT2D eigenvalue weighted by Gasteiger charge is 2.21. The fourth-order valence-electron chi connectivity index (χ4n) is 3.71. The van der Waals surface area contributed by atoms with Crippen LogP contribution < -0.4 is 16.6 Å². The molecule has 0 saturated heterocycles. The first kappa shape index (κ1) is 24.0. The molecule has 0 fully saturated rings. The molecule has 174 valence electrons. The Labute approximate surface area is 191 Å². The van der Waals surface area contributed by atoms with Crippen LogP contribution in [-0.4, -0.2) is 27.1 Å². The summed E-state index contributed by atoms with van der Waals surface area (Å²) in [5, 5.41) is 3.23. The van der Waals surface area contributed by atoms with Crippen LogP contribution in [0.15, 0.2) is 58.1 Å². The van der Waals surface area contributed by atoms with E-state index in [9.17, 15) is 19.2 Å². The number of nitrogens with one attached hydrogen (secondary N) is 1. The van der Waals surface area contributed by atoms with E-state index in [0.29, 0.717) is 10.9 Å². The van der Waals surface area contributed by atoms with E-state index in [0.717, 1.165) is 15.7 Å². The maximum absolute atomic E-state index is 13.0. The number of hydrogen-bond acceptors (Lipinski definition) is 5. The molecule has 0 aliphatic rings. The van der Waals surface area contributed by atoms with E-state index in [2.05, 4.69) is 5.32 Å². The number of fused-ring (bicyclic) bond motifs is 1. The van der Waals surface area contributed by atoms with E-state index in [1.807, 2.05) is 31.2 Å². The van der Waals surface area contributed by atoms with Crippen molar-refractivity contribution in [3.05, 3.63) is 80.5 Å². The van der Waals surface area contributed by atoms with E-state index < -0.39 is 23.6 Å². The van der Waals surface area contributed by atoms with Crippen LogP contribution in [0.1, 0.15) is 44.4 Å². The zero-order valence-electron chi connectivity index (χ0n) is 19.3. The van der Waals surface area contributed by atoms with Crippen molar-refractivity contribution >= 4 is 22.8 Å². The van der Waals surface area contributed by atoms with Crippen molar-refractivity contribution in [2.75, 3.05) is 0 Å². The number of carbonyl (C=O) groups excluding carboxylic acids is 2. The number of ether oxygens (including phenoxy) is 1. The van der Waals surface area contributed by atoms with Gasteiger partial charge in [0, 0.05) is 6.54 Å². The summed E-state index contributed by atoms with van der Waals surface area (Å²) in [4.78, 5) is 50.9. The first-order valence-electron chi connectivity index (χ1n) is 11.0. The number of aromatic nitrogens is 2. The van der Waals surface area contributed by atoms with Gasteiger partial charge < -0.3 is 10.1 Å². The number of carbonyl (C=O) groups is 2. The highest BCUT2D eigenvalue weighted by atomic mass is 16.5. The zero-order chi connectivity index (χ0) is 24.1. The Morgan fingerprint density at radius 2 is 1.67 bits per heavy atom. The second-order valence-corrected chi connectivity index (χ2v) is 8.21. The number of aryl methyl sites for hydroxylation is 1. The van der Waals surface area contributed by atoms with Gasteiger partial charge in [-0.2, -0.15) is 0 Å². The Morgan fingerprint density at radius 3 is 2.30 bits per heavy atom. The molecule has 8 heteroatoms. The van der Waals surface area contributed by atoms with E-state index in [-0.39, 0.29) is 31.2 Å². The zero-order valence-corrected chi connectivity index (χ0v) is 19.3. The highest BCUT2D eigenvalue weighted by Crippen LogP contribution is 2.19. The van der Waals surface area contributed by atoms with Crippen molar-refractivity contribution in [3.8, 4) is 0 Å². The third-order valence-corrected chi connectivity index (χ3v) is 5.30. The van der Waals surface area contributed by atoms with Crippen LogP contribution >= 0.6 is 0 Å². The number of rotatable bonds is 8. The molecular weight excluding hydrogens is 422 g/mol. The number of para-hydroxylation sites is 1. The normalized spacial score (nSPS) is 12.0. The van der Waals surface area contributed by atoms with Gasteiger partial charge in [0.1, 0.15) is 6.54 Å². The van der Waals surface area contributed by atoms with Crippen LogP contribution in [-0.2, 0) is 27.4 Å². The molecule has 1 atom stereocenters. The van der Waals surface area contributed by atoms with Gasteiger partial charge in [-0.1, -0.05) is 42.0 Å². The summed E-state index contributed by atoms with van der Waals surface area (Å²) in [6.07, 6.45) is -0.316. The monoisotopic (exact) mass is 451 g/mol. The molecule has 8 nitrogen and oxygen atoms in total. The molecule has 3 aromatic rings. The van der Waals surface area contributed by atoms with E-state index in [1.54, 1.807) is 45.0 Å². The summed E-state index contributed by atoms with van der Waals surface area (Å²) >= 11 is 0. The SMILES string of the molecule is CCn1c(=O)c2ccccc2n(CC(=O)NC(CC(=O)OC(C)C)c2ccc(C)cc2)c1=O. The molecule has 2 aromatic carbocycles. The van der Waals surface area contributed by atoms with Crippen LogP contribution in [0.5, 0.6) is 0 Å². The Kier molecular flexibility index (Phi) is 7.48. The first-order chi connectivity index (χ1) is 15.7. The molecule has 1 amide bonds. The van der Waals surface area contributed by atoms with Crippen LogP contribution in [0.4, 0.5) is 0 Å². The van der Waals surface area contributed by atoms with Crippen molar-refractivity contribution < 1.29 is 14.3 Å². The minimum atomic E-state index is -0.622. The smallest absolute Gasteiger partial charge is 0.331 e. The Hall–Kier alpha value is -3.68. The van der Waals surface area contributed by atoms with Gasteiger partial charge in [-0.05, 0) is 45.4 Å². The van der Waals surface area contributed by atoms with Crippen LogP contribution in [0.3, 0.4) is 0 Å². The molecule has 33 heavy (non-hydrogen) atoms. The molecular formula is C25H29N3O5. The maximum Gasteiger partial charge on any atom is 0.331 e. The number of amides is 1. The van der Waals surface area contributed by atoms with Gasteiger partial charge in [0.05, 0.1) is 29.5 Å². The van der Waals surface area contributed by atoms with E-state index in [4.69, 9.17) is 4.74 Å². The lowest BCUT2D eigenvalue weighted by Gasteiger charge is -2.20. The second-order valence-electron chi connectivity index (χ2n) is 8.21. The average Bonchev–Trinajstić information content (AvgIpc) is 2.76. The van der Waals surface area contributed by atoms with Gasteiger partial charge in [-0.25, -0.2) is 4.79 Å². The lowest BCUT2D eigenvalue weighted by Crippen LogP contribution is -2.43. The third kappa shape index (κ3) is 5.58. The molecule has 1 unspecified atom stereocenters. The van der Waals surface area contributed by atoms with Crippen molar-refractivity contribution in [3.63, 3.8) is 0 Å². The molecule has 0 saturated carbocycles. The Morgan fingerprint density at radius 1 is 1.00 bits per heavy atom. The van der Waals surface area contributed by atoms with Crippen LogP contribution in [0.25, 0.3) is 10.9 Å². The molecule has 0 spiro atoms. The van der Waals surface area contributed by atoms with Crippen molar-refractivity contribution in [1.29, 1.82) is 0 Å². The van der Waals surface area contributed by atoms with Gasteiger partial charge in [-0.3, -0.25) is 23.5 Å². The highest BCUT2D eigenvalue weighted by molar-refractivity contribution is 5.82. The van der Waals surface area contributed by atoms with Crippen molar-refractivity contribution in [2.45, 2.75) is 59.4 Å². The van der Waals surface area contributed by atoms with Gasteiger partial charge in [-0.15, -0.1) is 0 Å². The number of benzene rings is 2. The topological polar surface area (TPSA) is 99.4 Å². The predicted octanol–water partition coefficient (Wildman–Crippen LogP) is 2.69. The summed E-state index contributed by atoms with van der Waals surface area (Å²) in [7, 11) is 0. The lowest BCUT2D eigenvalue weighted by molar-refractivity contribution is -0.148. The minimum Gasteiger partial charge on any atom is -0.463 e. The molecule has 1 aromatic heterocycles. The van der Waals surface area contributed by atoms with Crippen LogP contribution in [0.2, 0.25) is 0 Å². The number of nitrogens with zero attached hydrogens (tertiary/aromatic N) is 2. The lowest BCUT2D eigenvalue weighted by atomic mass is 10.0. The molecule has 0 aliphatic carbocycles. The van der Waals surface area contributed by atoms with E-state index >= 15 is 0 Å². The Bertz CT molecular complexity index is 1270. The Balaban J connectivity index is 1.92. The fourth-order valence-corrected chi connectivity index (χ4v) is 3.71. The predicted molar refractivity (Wildman–Crippen MR) is 126 cm³/mol. The summed E-state index contributed by atoms with van der Waals surface area (Å²) < 4.78 is 7.65. The third-order valence-electron chi connectivity index (χ3n) is 5.30. The maximum atomic E-state index is 13.0. The first-order valence-corrected chi connectivity index (χ1v) is 11.0. The fraction of sp³-hybridized carbons (Fsp3) is 0.360. The summed E-state index contributed by atoms with van der Waals surface area (Å²) in [6.45, 7) is 7.08. The van der Waals surface area contributed by atoms with Gasteiger partial charge in [0.15, 0.2) is 0 Å². The quantitative estimate of drug-likeness (QED) is 0.531. The average molecular weight is 452 g/mol. The van der Waals surface area contributed by atoms with Crippen LogP contribution in [0, 0.1) is 6.92 Å². The van der Waals surface area contributed by atoms with Crippen molar-refractivity contribution in [2.24, 2.45) is 0 Å².